The number of ether oxygens (including phenoxy) is 2. The smallest absolute Gasteiger partial charge is 0.354 e. The van der Waals surface area contributed by atoms with Gasteiger partial charge in [-0.1, -0.05) is 30.3 Å². The van der Waals surface area contributed by atoms with Crippen molar-refractivity contribution in [3.63, 3.8) is 0 Å². The minimum absolute atomic E-state index is 0.321. The van der Waals surface area contributed by atoms with Crippen molar-refractivity contribution in [1.29, 1.82) is 0 Å². The summed E-state index contributed by atoms with van der Waals surface area (Å²) in [4.78, 5) is 22.5. The molecule has 0 saturated heterocycles. The maximum absolute atomic E-state index is 13.0. The van der Waals surface area contributed by atoms with Gasteiger partial charge in [0.05, 0.1) is 25.1 Å². The first-order valence-corrected chi connectivity index (χ1v) is 11.9. The van der Waals surface area contributed by atoms with Crippen molar-refractivity contribution >= 4 is 17.6 Å². The number of fused-ring (bicyclic) bond motifs is 3. The molecule has 1 aliphatic rings. The number of methoxy groups -OCH3 is 1. The Morgan fingerprint density at radius 2 is 1.83 bits per heavy atom. The topological polar surface area (TPSA) is 78.3 Å². The SMILES string of the molecule is CCOC(=O)c1cc2c(n1Cc1ccc(OC)cc1)-c1nc(Nc3ccccc3)ncc1CCC2. The van der Waals surface area contributed by atoms with E-state index >= 15 is 0 Å². The van der Waals surface area contributed by atoms with Crippen LogP contribution in [0.15, 0.2) is 66.9 Å². The zero-order valence-electron chi connectivity index (χ0n) is 20.0. The quantitative estimate of drug-likeness (QED) is 0.365. The van der Waals surface area contributed by atoms with E-state index in [0.717, 1.165) is 58.8 Å². The second kappa shape index (κ2) is 10.0. The first-order valence-electron chi connectivity index (χ1n) is 11.9. The van der Waals surface area contributed by atoms with E-state index in [1.807, 2.05) is 78.4 Å². The van der Waals surface area contributed by atoms with Crippen LogP contribution in [0.5, 0.6) is 5.75 Å². The van der Waals surface area contributed by atoms with Crippen molar-refractivity contribution in [2.45, 2.75) is 32.7 Å². The number of rotatable bonds is 7. The van der Waals surface area contributed by atoms with Crippen molar-refractivity contribution in [3.8, 4) is 17.1 Å². The number of anilines is 2. The molecule has 4 aromatic rings. The number of hydrogen-bond acceptors (Lipinski definition) is 6. The Morgan fingerprint density at radius 1 is 1.06 bits per heavy atom. The third-order valence-electron chi connectivity index (χ3n) is 6.17. The maximum Gasteiger partial charge on any atom is 0.354 e. The van der Waals surface area contributed by atoms with Crippen LogP contribution < -0.4 is 10.1 Å². The molecule has 0 saturated carbocycles. The second-order valence-corrected chi connectivity index (χ2v) is 8.47. The summed E-state index contributed by atoms with van der Waals surface area (Å²) >= 11 is 0. The molecule has 178 valence electrons. The Labute approximate surface area is 204 Å². The highest BCUT2D eigenvalue weighted by Crippen LogP contribution is 2.35. The molecule has 7 nitrogen and oxygen atoms in total. The van der Waals surface area contributed by atoms with E-state index in [0.29, 0.717) is 24.8 Å². The summed E-state index contributed by atoms with van der Waals surface area (Å²) in [6, 6.07) is 19.7. The van der Waals surface area contributed by atoms with Gasteiger partial charge in [0.25, 0.3) is 0 Å². The molecule has 35 heavy (non-hydrogen) atoms. The number of nitrogens with one attached hydrogen (secondary N) is 1. The van der Waals surface area contributed by atoms with Gasteiger partial charge in [0.1, 0.15) is 11.4 Å². The molecule has 0 aliphatic heterocycles. The lowest BCUT2D eigenvalue weighted by Crippen LogP contribution is -2.14. The summed E-state index contributed by atoms with van der Waals surface area (Å²) in [6.45, 7) is 2.66. The summed E-state index contributed by atoms with van der Waals surface area (Å²) in [5.74, 6) is 0.991. The number of carbonyl (C=O) groups excluding carboxylic acids is 1. The molecule has 1 N–H and O–H groups in total. The summed E-state index contributed by atoms with van der Waals surface area (Å²) in [5, 5.41) is 3.30. The van der Waals surface area contributed by atoms with E-state index in [-0.39, 0.29) is 5.97 Å². The second-order valence-electron chi connectivity index (χ2n) is 8.47. The number of nitrogens with zero attached hydrogens (tertiary/aromatic N) is 3. The summed E-state index contributed by atoms with van der Waals surface area (Å²) < 4.78 is 12.8. The zero-order valence-corrected chi connectivity index (χ0v) is 20.0. The molecule has 0 atom stereocenters. The number of carbonyl (C=O) groups is 1. The van der Waals surface area contributed by atoms with Gasteiger partial charge < -0.3 is 19.4 Å². The highest BCUT2D eigenvalue weighted by Gasteiger charge is 2.27. The van der Waals surface area contributed by atoms with Crippen LogP contribution in [-0.2, 0) is 24.1 Å². The largest absolute Gasteiger partial charge is 0.497 e. The molecule has 0 amide bonds. The predicted octanol–water partition coefficient (Wildman–Crippen LogP) is 5.41. The minimum atomic E-state index is -0.327. The monoisotopic (exact) mass is 468 g/mol. The first-order chi connectivity index (χ1) is 17.2. The molecule has 2 aromatic carbocycles. The zero-order chi connectivity index (χ0) is 24.2. The number of hydrogen-bond donors (Lipinski definition) is 1. The van der Waals surface area contributed by atoms with Crippen molar-refractivity contribution in [2.75, 3.05) is 19.0 Å². The number of para-hydroxylation sites is 1. The van der Waals surface area contributed by atoms with Crippen LogP contribution in [0.3, 0.4) is 0 Å². The average Bonchev–Trinajstić information content (AvgIpc) is 3.13. The Hall–Kier alpha value is -4.13. The molecule has 7 heteroatoms. The van der Waals surface area contributed by atoms with Crippen LogP contribution >= 0.6 is 0 Å². The fraction of sp³-hybridized carbons (Fsp3) is 0.250. The highest BCUT2D eigenvalue weighted by molar-refractivity contribution is 5.90. The fourth-order valence-corrected chi connectivity index (χ4v) is 4.50. The van der Waals surface area contributed by atoms with Crippen LogP contribution in [0.4, 0.5) is 11.6 Å². The third kappa shape index (κ3) is 4.75. The first kappa shape index (κ1) is 22.7. The number of aryl methyl sites for hydroxylation is 2. The van der Waals surface area contributed by atoms with Gasteiger partial charge in [-0.15, -0.1) is 0 Å². The Balaban J connectivity index is 1.62. The van der Waals surface area contributed by atoms with E-state index in [1.165, 1.54) is 0 Å². The molecule has 0 spiro atoms. The molecular weight excluding hydrogens is 440 g/mol. The Kier molecular flexibility index (Phi) is 6.48. The third-order valence-corrected chi connectivity index (χ3v) is 6.17. The standard InChI is InChI=1S/C28H28N4O3/c1-3-35-27(33)24-16-20-8-7-9-21-17-29-28(30-22-10-5-4-6-11-22)31-25(21)26(20)32(24)18-19-12-14-23(34-2)15-13-19/h4-6,10-17H,3,7-9,18H2,1-2H3,(H,29,30,31). The van der Waals surface area contributed by atoms with Crippen LogP contribution in [0.25, 0.3) is 11.4 Å². The van der Waals surface area contributed by atoms with Gasteiger partial charge in [-0.2, -0.15) is 0 Å². The number of benzene rings is 2. The van der Waals surface area contributed by atoms with Crippen molar-refractivity contribution in [3.05, 3.63) is 89.2 Å². The van der Waals surface area contributed by atoms with Gasteiger partial charge in [-0.25, -0.2) is 14.8 Å². The van der Waals surface area contributed by atoms with Crippen molar-refractivity contribution in [2.24, 2.45) is 0 Å². The van der Waals surface area contributed by atoms with Crippen LogP contribution in [0.1, 0.15) is 40.5 Å². The summed E-state index contributed by atoms with van der Waals surface area (Å²) in [7, 11) is 1.65. The average molecular weight is 469 g/mol. The summed E-state index contributed by atoms with van der Waals surface area (Å²) in [5.41, 5.74) is 6.50. The van der Waals surface area contributed by atoms with Gasteiger partial charge in [0.2, 0.25) is 5.95 Å². The molecular formula is C28H28N4O3. The molecule has 1 aliphatic carbocycles. The van der Waals surface area contributed by atoms with E-state index < -0.39 is 0 Å². The molecule has 5 rings (SSSR count). The van der Waals surface area contributed by atoms with Crippen molar-refractivity contribution in [1.82, 2.24) is 14.5 Å². The van der Waals surface area contributed by atoms with Gasteiger partial charge in [0, 0.05) is 18.4 Å². The normalized spacial score (nSPS) is 12.3. The summed E-state index contributed by atoms with van der Waals surface area (Å²) in [6.07, 6.45) is 4.60. The lowest BCUT2D eigenvalue weighted by molar-refractivity contribution is 0.0514. The Morgan fingerprint density at radius 3 is 2.57 bits per heavy atom. The van der Waals surface area contributed by atoms with Gasteiger partial charge >= 0.3 is 5.97 Å². The van der Waals surface area contributed by atoms with E-state index in [9.17, 15) is 4.79 Å². The van der Waals surface area contributed by atoms with Crippen LogP contribution in [-0.4, -0.2) is 34.2 Å². The minimum Gasteiger partial charge on any atom is -0.497 e. The lowest BCUT2D eigenvalue weighted by Gasteiger charge is -2.16. The van der Waals surface area contributed by atoms with Gasteiger partial charge in [0.15, 0.2) is 0 Å². The molecule has 2 heterocycles. The maximum atomic E-state index is 13.0. The molecule has 0 unspecified atom stereocenters. The number of aromatic nitrogens is 3. The number of esters is 1. The van der Waals surface area contributed by atoms with Gasteiger partial charge in [-0.3, -0.25) is 0 Å². The predicted molar refractivity (Wildman–Crippen MR) is 135 cm³/mol. The van der Waals surface area contributed by atoms with Gasteiger partial charge in [-0.05, 0) is 73.2 Å². The van der Waals surface area contributed by atoms with Crippen LogP contribution in [0.2, 0.25) is 0 Å². The molecule has 0 fully saturated rings. The van der Waals surface area contributed by atoms with Crippen molar-refractivity contribution < 1.29 is 14.3 Å². The highest BCUT2D eigenvalue weighted by atomic mass is 16.5. The lowest BCUT2D eigenvalue weighted by atomic mass is 10.1. The molecule has 0 radical (unpaired) electrons. The fourth-order valence-electron chi connectivity index (χ4n) is 4.50. The molecule has 2 aromatic heterocycles. The Bertz CT molecular complexity index is 1330. The molecule has 0 bridgehead atoms. The van der Waals surface area contributed by atoms with E-state index in [4.69, 9.17) is 14.5 Å². The van der Waals surface area contributed by atoms with Crippen LogP contribution in [0, 0.1) is 0 Å². The van der Waals surface area contributed by atoms with E-state index in [1.54, 1.807) is 7.11 Å². The van der Waals surface area contributed by atoms with E-state index in [2.05, 4.69) is 10.3 Å².